The summed E-state index contributed by atoms with van der Waals surface area (Å²) in [6.07, 6.45) is 10.5. The number of phosphoric acid groups is 1. The summed E-state index contributed by atoms with van der Waals surface area (Å²) < 4.78 is 15.2. The Labute approximate surface area is 160 Å². The molecule has 5 N–H and O–H groups in total. The Morgan fingerprint density at radius 3 is 2.48 bits per heavy atom. The van der Waals surface area contributed by atoms with Crippen LogP contribution in [0, 0.1) is 0 Å². The summed E-state index contributed by atoms with van der Waals surface area (Å²) >= 11 is 0. The topological polar surface area (TPSA) is 121 Å². The number of imidazole rings is 1. The molecule has 27 heavy (non-hydrogen) atoms. The zero-order chi connectivity index (χ0) is 19.7. The number of hydrogen-bond donors (Lipinski definition) is 4. The molecule has 0 aliphatic carbocycles. The minimum absolute atomic E-state index is 0.311. The molecule has 2 aromatic rings. The van der Waals surface area contributed by atoms with Gasteiger partial charge < -0.3 is 20.5 Å². The van der Waals surface area contributed by atoms with Gasteiger partial charge in [-0.2, -0.15) is 0 Å². The van der Waals surface area contributed by atoms with Crippen molar-refractivity contribution in [2.24, 2.45) is 5.73 Å². The van der Waals surface area contributed by atoms with Gasteiger partial charge in [0.1, 0.15) is 5.82 Å². The molecular formula is C19H30N3O4P. The highest BCUT2D eigenvalue weighted by Gasteiger charge is 2.19. The summed E-state index contributed by atoms with van der Waals surface area (Å²) in [5, 5.41) is 0. The van der Waals surface area contributed by atoms with E-state index in [1.54, 1.807) is 6.20 Å². The molecule has 0 saturated carbocycles. The molecule has 1 aromatic carbocycles. The number of benzene rings is 1. The van der Waals surface area contributed by atoms with E-state index in [0.717, 1.165) is 17.7 Å². The highest BCUT2D eigenvalue weighted by atomic mass is 31.2. The molecule has 0 radical (unpaired) electrons. The van der Waals surface area contributed by atoms with Gasteiger partial charge in [-0.25, -0.2) is 9.55 Å². The molecule has 1 atom stereocenters. The number of H-pyrrole nitrogens is 1. The maximum absolute atomic E-state index is 10.8. The third kappa shape index (κ3) is 7.95. The lowest BCUT2D eigenvalue weighted by Crippen LogP contribution is -2.17. The van der Waals surface area contributed by atoms with Crippen molar-refractivity contribution in [3.8, 4) is 11.3 Å². The van der Waals surface area contributed by atoms with Crippen LogP contribution in [0.4, 0.5) is 0 Å². The number of nitrogens with zero attached hydrogens (tertiary/aromatic N) is 1. The molecule has 7 nitrogen and oxygen atoms in total. The summed E-state index contributed by atoms with van der Waals surface area (Å²) in [7, 11) is -4.54. The van der Waals surface area contributed by atoms with Crippen LogP contribution < -0.4 is 5.73 Å². The number of aromatic nitrogens is 2. The monoisotopic (exact) mass is 395 g/mol. The highest BCUT2D eigenvalue weighted by molar-refractivity contribution is 7.46. The number of nitrogens with two attached hydrogens (primary N) is 1. The van der Waals surface area contributed by atoms with Crippen LogP contribution >= 0.6 is 7.82 Å². The van der Waals surface area contributed by atoms with Gasteiger partial charge in [0, 0.05) is 0 Å². The van der Waals surface area contributed by atoms with E-state index in [2.05, 4.69) is 33.5 Å². The normalized spacial score (nSPS) is 13.0. The van der Waals surface area contributed by atoms with Crippen molar-refractivity contribution in [1.29, 1.82) is 0 Å². The smallest absolute Gasteiger partial charge is 0.341 e. The van der Waals surface area contributed by atoms with Crippen LogP contribution in [-0.2, 0) is 15.5 Å². The molecule has 0 spiro atoms. The fraction of sp³-hybridized carbons (Fsp3) is 0.526. The Balaban J connectivity index is 1.84. The lowest BCUT2D eigenvalue weighted by molar-refractivity contribution is 0.185. The molecule has 1 heterocycles. The van der Waals surface area contributed by atoms with Crippen LogP contribution in [0.5, 0.6) is 0 Å². The van der Waals surface area contributed by atoms with E-state index in [1.807, 2.05) is 12.1 Å². The summed E-state index contributed by atoms with van der Waals surface area (Å²) in [5.74, 6) is 0.426. The van der Waals surface area contributed by atoms with Crippen molar-refractivity contribution < 1.29 is 18.9 Å². The SMILES string of the molecule is CCCCCCCCc1ccc(-c2cnc([C@@H](N)COP(=O)(O)O)[nH]2)cc1. The zero-order valence-electron chi connectivity index (χ0n) is 15.8. The van der Waals surface area contributed by atoms with Crippen molar-refractivity contribution in [2.75, 3.05) is 6.61 Å². The molecule has 0 aliphatic rings. The van der Waals surface area contributed by atoms with Crippen molar-refractivity contribution in [3.63, 3.8) is 0 Å². The van der Waals surface area contributed by atoms with Gasteiger partial charge in [-0.05, 0) is 24.0 Å². The molecule has 8 heteroatoms. The maximum atomic E-state index is 10.8. The largest absolute Gasteiger partial charge is 0.469 e. The number of hydrogen-bond acceptors (Lipinski definition) is 4. The van der Waals surface area contributed by atoms with Gasteiger partial charge in [-0.1, -0.05) is 63.3 Å². The Kier molecular flexibility index (Phi) is 8.67. The van der Waals surface area contributed by atoms with Gasteiger partial charge in [0.2, 0.25) is 0 Å². The van der Waals surface area contributed by atoms with E-state index in [0.29, 0.717) is 5.82 Å². The molecule has 2 rings (SSSR count). The lowest BCUT2D eigenvalue weighted by Gasteiger charge is -2.10. The first kappa shape index (κ1) is 21.8. The van der Waals surface area contributed by atoms with E-state index in [1.165, 1.54) is 44.1 Å². The molecule has 1 aromatic heterocycles. The second-order valence-corrected chi connectivity index (χ2v) is 8.03. The number of aryl methyl sites for hydroxylation is 1. The standard InChI is InChI=1S/C19H30N3O4P/c1-2-3-4-5-6-7-8-15-9-11-16(12-10-15)18-13-21-19(22-18)17(20)14-26-27(23,24)25/h9-13,17H,2-8,14,20H2,1H3,(H,21,22)(H2,23,24,25)/t17-/m0/s1. The average Bonchev–Trinajstić information content (AvgIpc) is 3.13. The predicted octanol–water partition coefficient (Wildman–Crippen LogP) is 4.09. The maximum Gasteiger partial charge on any atom is 0.469 e. The van der Waals surface area contributed by atoms with Crippen LogP contribution in [0.1, 0.15) is 62.9 Å². The number of unbranched alkanes of at least 4 members (excludes halogenated alkanes) is 5. The van der Waals surface area contributed by atoms with Crippen LogP contribution in [0.25, 0.3) is 11.3 Å². The van der Waals surface area contributed by atoms with Crippen LogP contribution in [0.2, 0.25) is 0 Å². The fourth-order valence-corrected chi connectivity index (χ4v) is 3.24. The van der Waals surface area contributed by atoms with Gasteiger partial charge >= 0.3 is 7.82 Å². The molecule has 0 unspecified atom stereocenters. The first-order valence-electron chi connectivity index (χ1n) is 9.49. The van der Waals surface area contributed by atoms with Crippen LogP contribution in [-0.4, -0.2) is 26.4 Å². The molecule has 0 saturated heterocycles. The Morgan fingerprint density at radius 2 is 1.81 bits per heavy atom. The Morgan fingerprint density at radius 1 is 1.15 bits per heavy atom. The lowest BCUT2D eigenvalue weighted by atomic mass is 10.0. The van der Waals surface area contributed by atoms with Crippen molar-refractivity contribution in [2.45, 2.75) is 57.9 Å². The first-order chi connectivity index (χ1) is 12.9. The summed E-state index contributed by atoms with van der Waals surface area (Å²) in [5.41, 5.74) is 8.97. The number of nitrogens with one attached hydrogen (secondary N) is 1. The first-order valence-corrected chi connectivity index (χ1v) is 11.0. The predicted molar refractivity (Wildman–Crippen MR) is 106 cm³/mol. The molecule has 0 aliphatic heterocycles. The summed E-state index contributed by atoms with van der Waals surface area (Å²) in [6, 6.07) is 7.60. The molecule has 0 amide bonds. The molecule has 0 fully saturated rings. The summed E-state index contributed by atoms with van der Waals surface area (Å²) in [4.78, 5) is 24.8. The molecular weight excluding hydrogens is 365 g/mol. The number of phosphoric ester groups is 1. The van der Waals surface area contributed by atoms with Gasteiger partial charge in [0.15, 0.2) is 0 Å². The average molecular weight is 395 g/mol. The fourth-order valence-electron chi connectivity index (χ4n) is 2.89. The van der Waals surface area contributed by atoms with Crippen LogP contribution in [0.3, 0.4) is 0 Å². The van der Waals surface area contributed by atoms with E-state index in [4.69, 9.17) is 15.5 Å². The third-order valence-electron chi connectivity index (χ3n) is 4.45. The van der Waals surface area contributed by atoms with Crippen molar-refractivity contribution in [3.05, 3.63) is 41.9 Å². The van der Waals surface area contributed by atoms with Crippen molar-refractivity contribution in [1.82, 2.24) is 9.97 Å². The quantitative estimate of drug-likeness (QED) is 0.317. The Hall–Kier alpha value is -1.50. The van der Waals surface area contributed by atoms with Gasteiger partial charge in [0.25, 0.3) is 0 Å². The number of rotatable bonds is 12. The van der Waals surface area contributed by atoms with E-state index >= 15 is 0 Å². The van der Waals surface area contributed by atoms with Crippen molar-refractivity contribution >= 4 is 7.82 Å². The number of aromatic amines is 1. The zero-order valence-corrected chi connectivity index (χ0v) is 16.7. The van der Waals surface area contributed by atoms with E-state index in [9.17, 15) is 4.57 Å². The minimum atomic E-state index is -4.54. The second-order valence-electron chi connectivity index (χ2n) is 6.79. The Bertz CT molecular complexity index is 727. The second kappa shape index (κ2) is 10.7. The van der Waals surface area contributed by atoms with Gasteiger partial charge in [-0.3, -0.25) is 4.52 Å². The summed E-state index contributed by atoms with van der Waals surface area (Å²) in [6.45, 7) is 1.92. The van der Waals surface area contributed by atoms with E-state index in [-0.39, 0.29) is 6.61 Å². The van der Waals surface area contributed by atoms with Gasteiger partial charge in [0.05, 0.1) is 24.5 Å². The van der Waals surface area contributed by atoms with Crippen LogP contribution in [0.15, 0.2) is 30.5 Å². The van der Waals surface area contributed by atoms with E-state index < -0.39 is 13.9 Å². The van der Waals surface area contributed by atoms with Gasteiger partial charge in [-0.15, -0.1) is 0 Å². The third-order valence-corrected chi connectivity index (χ3v) is 4.94. The molecule has 150 valence electrons. The molecule has 0 bridgehead atoms. The highest BCUT2D eigenvalue weighted by Crippen LogP contribution is 2.36. The minimum Gasteiger partial charge on any atom is -0.341 e.